The molecule has 22 heavy (non-hydrogen) atoms. The van der Waals surface area contributed by atoms with Gasteiger partial charge in [0.15, 0.2) is 5.78 Å². The summed E-state index contributed by atoms with van der Waals surface area (Å²) in [7, 11) is 0. The molecule has 0 spiro atoms. The maximum absolute atomic E-state index is 11.6. The van der Waals surface area contributed by atoms with E-state index in [0.717, 1.165) is 0 Å². The normalized spacial score (nSPS) is 10.9. The summed E-state index contributed by atoms with van der Waals surface area (Å²) in [5, 5.41) is 14.5. The third-order valence-electron chi connectivity index (χ3n) is 2.20. The number of benzene rings is 1. The van der Waals surface area contributed by atoms with Gasteiger partial charge in [-0.3, -0.25) is 14.6 Å². The minimum atomic E-state index is -0.129. The second-order valence-corrected chi connectivity index (χ2v) is 6.34. The first-order chi connectivity index (χ1) is 10.6. The largest absolute Gasteiger partial charge is 0.326 e. The fraction of sp³-hybridized carbons (Fsp3) is 0.250. The van der Waals surface area contributed by atoms with Crippen LogP contribution in [0.5, 0.6) is 0 Å². The number of ketones is 1. The summed E-state index contributed by atoms with van der Waals surface area (Å²) in [5.74, 6) is -0.240. The predicted molar refractivity (Wildman–Crippen MR) is 101 cm³/mol. The summed E-state index contributed by atoms with van der Waals surface area (Å²) in [6.07, 6.45) is 1.61. The fourth-order valence-corrected chi connectivity index (χ4v) is 2.47. The number of Topliss-reactive ketones (excluding diaryl/α,β-unsaturated/α-hetero) is 1. The van der Waals surface area contributed by atoms with Gasteiger partial charge in [-0.2, -0.15) is 0 Å². The molecule has 0 saturated heterocycles. The van der Waals surface area contributed by atoms with Crippen molar-refractivity contribution in [2.24, 2.45) is 4.99 Å². The first kappa shape index (κ1) is 19.8. The highest BCUT2D eigenvalue weighted by molar-refractivity contribution is 14.1. The van der Waals surface area contributed by atoms with Crippen LogP contribution in [-0.4, -0.2) is 32.0 Å². The molecular formula is C12H12I2N2O5S. The topological polar surface area (TPSA) is 97.2 Å². The molecule has 0 aliphatic carbocycles. The Balaban J connectivity index is 2.94. The van der Waals surface area contributed by atoms with Gasteiger partial charge in [-0.05, 0) is 18.2 Å². The second kappa shape index (κ2) is 11.3. The number of hydrogen-bond donors (Lipinski definition) is 2. The average Bonchev–Trinajstić information content (AvgIpc) is 2.51. The zero-order valence-electron chi connectivity index (χ0n) is 11.1. The molecular weight excluding hydrogens is 538 g/mol. The molecule has 1 rings (SSSR count). The van der Waals surface area contributed by atoms with E-state index in [0.29, 0.717) is 43.6 Å². The molecule has 0 aliphatic heterocycles. The molecule has 10 heteroatoms. The fourth-order valence-electron chi connectivity index (χ4n) is 1.30. The van der Waals surface area contributed by atoms with E-state index in [1.54, 1.807) is 18.2 Å². The quantitative estimate of drug-likeness (QED) is 0.122. The average molecular weight is 550 g/mol. The third kappa shape index (κ3) is 7.32. The number of hydrogen-bond acceptors (Lipinski definition) is 7. The van der Waals surface area contributed by atoms with Crippen molar-refractivity contribution in [3.05, 3.63) is 18.2 Å². The second-order valence-electron chi connectivity index (χ2n) is 3.75. The lowest BCUT2D eigenvalue weighted by Gasteiger charge is -2.08. The lowest BCUT2D eigenvalue weighted by molar-refractivity contribution is -0.432. The van der Waals surface area contributed by atoms with Gasteiger partial charge in [0.25, 0.3) is 0 Å². The molecule has 0 bridgehead atoms. The lowest BCUT2D eigenvalue weighted by atomic mass is 10.2. The molecule has 0 radical (unpaired) electrons. The van der Waals surface area contributed by atoms with Crippen LogP contribution < -0.4 is 5.32 Å². The monoisotopic (exact) mass is 550 g/mol. The standard InChI is InChI=1S/C12H12I2N2O5S/c13-4-3-12(18)16-8-1-2-10(15-7-9(17)6-14)11(5-8)22-21-20-19/h1-2,5,7,19H,3-4,6H2,(H,16,18). The minimum Gasteiger partial charge on any atom is -0.326 e. The number of aliphatic imine (C=N–C) groups is 1. The number of anilines is 1. The van der Waals surface area contributed by atoms with Crippen molar-refractivity contribution in [2.75, 3.05) is 14.2 Å². The first-order valence-electron chi connectivity index (χ1n) is 5.88. The number of alkyl halides is 2. The minimum absolute atomic E-state index is 0.110. The van der Waals surface area contributed by atoms with Crippen molar-refractivity contribution >= 4 is 86.5 Å². The predicted octanol–water partition coefficient (Wildman–Crippen LogP) is 3.58. The number of carbonyl (C=O) groups excluding carboxylic acids is 2. The smallest absolute Gasteiger partial charge is 0.225 e. The molecule has 0 aliphatic rings. The van der Waals surface area contributed by atoms with E-state index in [2.05, 4.69) is 42.3 Å². The van der Waals surface area contributed by atoms with E-state index < -0.39 is 0 Å². The van der Waals surface area contributed by atoms with E-state index in [1.165, 1.54) is 6.21 Å². The number of rotatable bonds is 9. The van der Waals surface area contributed by atoms with Crippen LogP contribution in [-0.2, 0) is 19.0 Å². The summed E-state index contributed by atoms with van der Waals surface area (Å²) in [5.41, 5.74) is 1.00. The van der Waals surface area contributed by atoms with Crippen molar-refractivity contribution in [3.8, 4) is 0 Å². The molecule has 0 heterocycles. The summed E-state index contributed by atoms with van der Waals surface area (Å²) >= 11 is 4.77. The van der Waals surface area contributed by atoms with Crippen LogP contribution in [0.15, 0.2) is 28.1 Å². The molecule has 2 N–H and O–H groups in total. The summed E-state index contributed by atoms with van der Waals surface area (Å²) in [4.78, 5) is 27.4. The maximum Gasteiger partial charge on any atom is 0.225 e. The zero-order valence-corrected chi connectivity index (χ0v) is 16.3. The molecule has 0 atom stereocenters. The highest BCUT2D eigenvalue weighted by Crippen LogP contribution is 2.32. The van der Waals surface area contributed by atoms with Crippen molar-refractivity contribution < 1.29 is 24.2 Å². The van der Waals surface area contributed by atoms with Crippen LogP contribution >= 0.6 is 57.2 Å². The lowest BCUT2D eigenvalue weighted by Crippen LogP contribution is -2.11. The molecule has 0 fully saturated rings. The van der Waals surface area contributed by atoms with Crippen LogP contribution in [0.2, 0.25) is 0 Å². The molecule has 120 valence electrons. The van der Waals surface area contributed by atoms with Crippen LogP contribution in [0, 0.1) is 0 Å². The Morgan fingerprint density at radius 2 is 2.18 bits per heavy atom. The molecule has 1 amide bonds. The van der Waals surface area contributed by atoms with E-state index >= 15 is 0 Å². The van der Waals surface area contributed by atoms with E-state index in [9.17, 15) is 9.59 Å². The van der Waals surface area contributed by atoms with Crippen LogP contribution in [0.1, 0.15) is 6.42 Å². The van der Waals surface area contributed by atoms with Crippen molar-refractivity contribution in [2.45, 2.75) is 11.3 Å². The van der Waals surface area contributed by atoms with Gasteiger partial charge in [0.05, 0.1) is 33.3 Å². The van der Waals surface area contributed by atoms with Gasteiger partial charge in [0, 0.05) is 16.5 Å². The Morgan fingerprint density at radius 3 is 2.82 bits per heavy atom. The van der Waals surface area contributed by atoms with Crippen LogP contribution in [0.3, 0.4) is 0 Å². The van der Waals surface area contributed by atoms with Gasteiger partial charge in [-0.15, -0.1) is 4.33 Å². The van der Waals surface area contributed by atoms with Gasteiger partial charge in [0.1, 0.15) is 0 Å². The molecule has 1 aromatic rings. The maximum atomic E-state index is 11.6. The highest BCUT2D eigenvalue weighted by atomic mass is 127. The van der Waals surface area contributed by atoms with Gasteiger partial charge in [-0.25, -0.2) is 5.26 Å². The number of halogens is 2. The summed E-state index contributed by atoms with van der Waals surface area (Å²) in [6, 6.07) is 4.89. The Hall–Kier alpha value is -0.280. The Morgan fingerprint density at radius 1 is 1.41 bits per heavy atom. The Kier molecular flexibility index (Phi) is 10.1. The molecule has 0 aromatic heterocycles. The number of amides is 1. The van der Waals surface area contributed by atoms with E-state index in [1.807, 2.05) is 22.6 Å². The van der Waals surface area contributed by atoms with Gasteiger partial charge >= 0.3 is 0 Å². The number of nitrogens with one attached hydrogen (secondary N) is 1. The molecule has 7 nitrogen and oxygen atoms in total. The van der Waals surface area contributed by atoms with Crippen molar-refractivity contribution in [1.29, 1.82) is 0 Å². The number of carbonyl (C=O) groups is 2. The Bertz CT molecular complexity index is 556. The van der Waals surface area contributed by atoms with Gasteiger partial charge < -0.3 is 5.32 Å². The van der Waals surface area contributed by atoms with E-state index in [-0.39, 0.29) is 11.7 Å². The van der Waals surface area contributed by atoms with Crippen molar-refractivity contribution in [3.63, 3.8) is 0 Å². The Labute approximate surface area is 158 Å². The van der Waals surface area contributed by atoms with Gasteiger partial charge in [-0.1, -0.05) is 50.2 Å². The number of nitrogens with zero attached hydrogens (tertiary/aromatic N) is 1. The summed E-state index contributed by atoms with van der Waals surface area (Å²) in [6.45, 7) is 0. The van der Waals surface area contributed by atoms with Gasteiger partial charge in [0.2, 0.25) is 5.91 Å². The van der Waals surface area contributed by atoms with E-state index in [4.69, 9.17) is 5.26 Å². The van der Waals surface area contributed by atoms with Crippen LogP contribution in [0.25, 0.3) is 0 Å². The molecule has 0 unspecified atom stereocenters. The first-order valence-corrected chi connectivity index (χ1v) is 9.67. The SMILES string of the molecule is O=C(C=Nc1ccc(NC(=O)CCI)cc1SOOO)CI. The molecule has 0 saturated carbocycles. The highest BCUT2D eigenvalue weighted by Gasteiger charge is 2.08. The van der Waals surface area contributed by atoms with Crippen LogP contribution in [0.4, 0.5) is 11.4 Å². The third-order valence-corrected chi connectivity index (χ3v) is 4.13. The molecule has 1 aromatic carbocycles. The van der Waals surface area contributed by atoms with Crippen molar-refractivity contribution in [1.82, 2.24) is 0 Å². The zero-order chi connectivity index (χ0) is 16.4. The summed E-state index contributed by atoms with van der Waals surface area (Å²) < 4.78 is 5.44.